The standard InChI is InChI=1S/C16H16N2O4/c1-10-15-14(12(8-19)6-17-10)7-18(9-22-15)13-4-2-3-11(5-13)16(20)21/h2-6,19H,7-9H2,1H3,(H,20,21). The third-order valence-corrected chi connectivity index (χ3v) is 3.75. The maximum absolute atomic E-state index is 11.1. The van der Waals surface area contributed by atoms with Gasteiger partial charge in [0.25, 0.3) is 0 Å². The van der Waals surface area contributed by atoms with E-state index >= 15 is 0 Å². The second-order valence-corrected chi connectivity index (χ2v) is 5.16. The van der Waals surface area contributed by atoms with Crippen LogP contribution in [-0.2, 0) is 13.2 Å². The number of pyridine rings is 1. The van der Waals surface area contributed by atoms with Crippen molar-refractivity contribution in [3.63, 3.8) is 0 Å². The average molecular weight is 300 g/mol. The van der Waals surface area contributed by atoms with Gasteiger partial charge in [0.2, 0.25) is 0 Å². The third kappa shape index (κ3) is 2.48. The summed E-state index contributed by atoms with van der Waals surface area (Å²) in [4.78, 5) is 17.2. The van der Waals surface area contributed by atoms with Gasteiger partial charge in [-0.05, 0) is 25.1 Å². The number of anilines is 1. The highest BCUT2D eigenvalue weighted by Crippen LogP contribution is 2.32. The summed E-state index contributed by atoms with van der Waals surface area (Å²) in [5.74, 6) is -0.256. The lowest BCUT2D eigenvalue weighted by Gasteiger charge is -2.32. The average Bonchev–Trinajstić information content (AvgIpc) is 2.55. The molecule has 2 N–H and O–H groups in total. The SMILES string of the molecule is Cc1ncc(CO)c2c1OCN(c1cccc(C(=O)O)c1)C2. The van der Waals surface area contributed by atoms with Crippen LogP contribution < -0.4 is 9.64 Å². The fourth-order valence-electron chi connectivity index (χ4n) is 2.56. The number of hydrogen-bond donors (Lipinski definition) is 2. The number of carboxylic acid groups (broad SMARTS) is 1. The molecule has 114 valence electrons. The molecule has 0 saturated carbocycles. The lowest BCUT2D eigenvalue weighted by molar-refractivity contribution is 0.0697. The first-order valence-corrected chi connectivity index (χ1v) is 6.89. The zero-order valence-electron chi connectivity index (χ0n) is 12.1. The molecule has 6 nitrogen and oxygen atoms in total. The summed E-state index contributed by atoms with van der Waals surface area (Å²) in [5.41, 5.74) is 3.40. The Morgan fingerprint density at radius 1 is 1.45 bits per heavy atom. The van der Waals surface area contributed by atoms with Gasteiger partial charge in [-0.2, -0.15) is 0 Å². The largest absolute Gasteiger partial charge is 0.478 e. The maximum Gasteiger partial charge on any atom is 0.335 e. The molecule has 6 heteroatoms. The first-order valence-electron chi connectivity index (χ1n) is 6.89. The first-order chi connectivity index (χ1) is 10.6. The van der Waals surface area contributed by atoms with Gasteiger partial charge >= 0.3 is 5.97 Å². The van der Waals surface area contributed by atoms with Gasteiger partial charge in [0.1, 0.15) is 5.75 Å². The number of rotatable bonds is 3. The third-order valence-electron chi connectivity index (χ3n) is 3.75. The number of carbonyl (C=O) groups is 1. The molecule has 1 aromatic carbocycles. The van der Waals surface area contributed by atoms with Crippen LogP contribution in [0.15, 0.2) is 30.5 Å². The predicted molar refractivity (Wildman–Crippen MR) is 80.0 cm³/mol. The minimum atomic E-state index is -0.962. The minimum absolute atomic E-state index is 0.109. The van der Waals surface area contributed by atoms with Crippen molar-refractivity contribution >= 4 is 11.7 Å². The number of hydrogen-bond acceptors (Lipinski definition) is 5. The molecule has 3 rings (SSSR count). The van der Waals surface area contributed by atoms with E-state index in [4.69, 9.17) is 9.84 Å². The van der Waals surface area contributed by atoms with Gasteiger partial charge in [0.05, 0.1) is 24.4 Å². The van der Waals surface area contributed by atoms with Crippen molar-refractivity contribution in [2.24, 2.45) is 0 Å². The Morgan fingerprint density at radius 2 is 2.27 bits per heavy atom. The van der Waals surface area contributed by atoms with Crippen LogP contribution in [0.25, 0.3) is 0 Å². The van der Waals surface area contributed by atoms with Gasteiger partial charge in [0, 0.05) is 23.0 Å². The van der Waals surface area contributed by atoms with Crippen molar-refractivity contribution in [1.82, 2.24) is 4.98 Å². The van der Waals surface area contributed by atoms with Gasteiger partial charge in [-0.15, -0.1) is 0 Å². The van der Waals surface area contributed by atoms with E-state index in [0.717, 1.165) is 22.5 Å². The molecule has 0 amide bonds. The van der Waals surface area contributed by atoms with Gasteiger partial charge in [-0.25, -0.2) is 4.79 Å². The Kier molecular flexibility index (Phi) is 3.68. The zero-order chi connectivity index (χ0) is 15.7. The van der Waals surface area contributed by atoms with E-state index in [0.29, 0.717) is 19.0 Å². The number of carboxylic acids is 1. The van der Waals surface area contributed by atoms with Crippen molar-refractivity contribution in [2.75, 3.05) is 11.6 Å². The molecule has 0 aliphatic carbocycles. The number of aryl methyl sites for hydroxylation is 1. The van der Waals surface area contributed by atoms with E-state index in [-0.39, 0.29) is 12.2 Å². The number of ether oxygens (including phenoxy) is 1. The van der Waals surface area contributed by atoms with Crippen molar-refractivity contribution in [1.29, 1.82) is 0 Å². The van der Waals surface area contributed by atoms with Gasteiger partial charge in [-0.1, -0.05) is 6.07 Å². The molecule has 1 aromatic heterocycles. The van der Waals surface area contributed by atoms with Crippen LogP contribution in [0.3, 0.4) is 0 Å². The summed E-state index contributed by atoms with van der Waals surface area (Å²) in [6, 6.07) is 6.72. The van der Waals surface area contributed by atoms with Crippen LogP contribution >= 0.6 is 0 Å². The van der Waals surface area contributed by atoms with Gasteiger partial charge in [-0.3, -0.25) is 4.98 Å². The van der Waals surface area contributed by atoms with Crippen LogP contribution in [0.5, 0.6) is 5.75 Å². The summed E-state index contributed by atoms with van der Waals surface area (Å²) >= 11 is 0. The molecule has 0 spiro atoms. The molecule has 0 atom stereocenters. The monoisotopic (exact) mass is 300 g/mol. The lowest BCUT2D eigenvalue weighted by Crippen LogP contribution is -2.33. The molecule has 0 fully saturated rings. The summed E-state index contributed by atoms with van der Waals surface area (Å²) in [6.45, 7) is 2.60. The van der Waals surface area contributed by atoms with Crippen molar-refractivity contribution < 1.29 is 19.7 Å². The number of aliphatic hydroxyl groups is 1. The Morgan fingerprint density at radius 3 is 3.00 bits per heavy atom. The number of aliphatic hydroxyl groups excluding tert-OH is 1. The molecule has 0 bridgehead atoms. The van der Waals surface area contributed by atoms with Crippen molar-refractivity contribution in [2.45, 2.75) is 20.1 Å². The molecule has 1 aliphatic heterocycles. The number of aromatic carboxylic acids is 1. The van der Waals surface area contributed by atoms with Crippen LogP contribution in [0, 0.1) is 6.92 Å². The van der Waals surface area contributed by atoms with E-state index in [1.165, 1.54) is 0 Å². The summed E-state index contributed by atoms with van der Waals surface area (Å²) in [7, 11) is 0. The number of benzene rings is 1. The van der Waals surface area contributed by atoms with Crippen LogP contribution in [0.4, 0.5) is 5.69 Å². The Labute approximate surface area is 127 Å². The molecular formula is C16H16N2O4. The van der Waals surface area contributed by atoms with E-state index in [1.54, 1.807) is 24.4 Å². The van der Waals surface area contributed by atoms with Gasteiger partial charge in [0.15, 0.2) is 6.73 Å². The predicted octanol–water partition coefficient (Wildman–Crippen LogP) is 1.94. The Balaban J connectivity index is 1.96. The van der Waals surface area contributed by atoms with E-state index in [9.17, 15) is 9.90 Å². The normalized spacial score (nSPS) is 13.5. The summed E-state index contributed by atoms with van der Waals surface area (Å²) in [5, 5.41) is 18.6. The number of nitrogens with zero attached hydrogens (tertiary/aromatic N) is 2. The van der Waals surface area contributed by atoms with Crippen LogP contribution in [0.2, 0.25) is 0 Å². The molecule has 2 heterocycles. The maximum atomic E-state index is 11.1. The molecular weight excluding hydrogens is 284 g/mol. The van der Waals surface area contributed by atoms with E-state index in [2.05, 4.69) is 4.98 Å². The summed E-state index contributed by atoms with van der Waals surface area (Å²) in [6.07, 6.45) is 1.65. The number of fused-ring (bicyclic) bond motifs is 1. The van der Waals surface area contributed by atoms with Crippen molar-refractivity contribution in [3.05, 3.63) is 52.8 Å². The quantitative estimate of drug-likeness (QED) is 0.901. The topological polar surface area (TPSA) is 82.9 Å². The van der Waals surface area contributed by atoms with Crippen LogP contribution in [0.1, 0.15) is 27.2 Å². The highest BCUT2D eigenvalue weighted by molar-refractivity contribution is 5.88. The van der Waals surface area contributed by atoms with Crippen molar-refractivity contribution in [3.8, 4) is 5.75 Å². The first kappa shape index (κ1) is 14.3. The highest BCUT2D eigenvalue weighted by atomic mass is 16.5. The van der Waals surface area contributed by atoms with E-state index < -0.39 is 5.97 Å². The molecule has 0 unspecified atom stereocenters. The second-order valence-electron chi connectivity index (χ2n) is 5.16. The summed E-state index contributed by atoms with van der Waals surface area (Å²) < 4.78 is 5.77. The molecule has 22 heavy (non-hydrogen) atoms. The minimum Gasteiger partial charge on any atom is -0.478 e. The molecule has 1 aliphatic rings. The van der Waals surface area contributed by atoms with Crippen LogP contribution in [-0.4, -0.2) is 27.9 Å². The zero-order valence-corrected chi connectivity index (χ0v) is 12.1. The Hall–Kier alpha value is -2.60. The van der Waals surface area contributed by atoms with E-state index in [1.807, 2.05) is 17.9 Å². The van der Waals surface area contributed by atoms with Gasteiger partial charge < -0.3 is 19.8 Å². The fraction of sp³-hybridized carbons (Fsp3) is 0.250. The molecule has 0 radical (unpaired) electrons. The fourth-order valence-corrected chi connectivity index (χ4v) is 2.56. The smallest absolute Gasteiger partial charge is 0.335 e. The molecule has 0 saturated heterocycles. The Bertz CT molecular complexity index is 730. The second kappa shape index (κ2) is 5.65. The number of aromatic nitrogens is 1. The highest BCUT2D eigenvalue weighted by Gasteiger charge is 2.23. The lowest BCUT2D eigenvalue weighted by atomic mass is 10.1. The molecule has 2 aromatic rings.